The van der Waals surface area contributed by atoms with E-state index in [1.807, 2.05) is 95.1 Å². The van der Waals surface area contributed by atoms with E-state index in [9.17, 15) is 9.59 Å². The van der Waals surface area contributed by atoms with Gasteiger partial charge in [0.15, 0.2) is 0 Å². The Kier molecular flexibility index (Phi) is 41.9. The maximum Gasteiger partial charge on any atom is 0.333 e. The molecule has 5 heterocycles. The van der Waals surface area contributed by atoms with Gasteiger partial charge in [-0.15, -0.1) is 31.0 Å². The fraction of sp³-hybridized carbons (Fsp3) is 0.320. The summed E-state index contributed by atoms with van der Waals surface area (Å²) in [5.74, 6) is 3.68. The molecule has 0 saturated carbocycles. The Morgan fingerprint density at radius 3 is 1.36 bits per heavy atom. The first-order valence-corrected chi connectivity index (χ1v) is 20.5. The monoisotopic (exact) mass is 1320 g/mol. The average molecular weight is 1320 g/mol. The number of carbonyl (C=O) groups is 2. The van der Waals surface area contributed by atoms with Gasteiger partial charge in [0, 0.05) is 195 Å². The number of hydrogen-bond acceptors (Lipinski definition) is 10. The predicted molar refractivity (Wildman–Crippen MR) is 253 cm³/mol. The van der Waals surface area contributed by atoms with Gasteiger partial charge in [-0.3, -0.25) is 0 Å². The van der Waals surface area contributed by atoms with Gasteiger partial charge < -0.3 is 57.2 Å². The van der Waals surface area contributed by atoms with Gasteiger partial charge in [-0.1, -0.05) is 144 Å². The van der Waals surface area contributed by atoms with Gasteiger partial charge in [-0.2, -0.15) is 5.26 Å². The molecule has 0 bridgehead atoms. The summed E-state index contributed by atoms with van der Waals surface area (Å²) < 4.78 is 19.4. The Morgan fingerprint density at radius 1 is 0.614 bits per heavy atom. The maximum absolute atomic E-state index is 11.1. The molecular weight excluding hydrogens is 1260 g/mol. The van der Waals surface area contributed by atoms with Crippen molar-refractivity contribution in [3.05, 3.63) is 169 Å². The third kappa shape index (κ3) is 25.2. The van der Waals surface area contributed by atoms with Crippen molar-refractivity contribution >= 4 is 29.9 Å². The molecule has 15 nitrogen and oxygen atoms in total. The zero-order chi connectivity index (χ0) is 48.8. The number of ether oxygens (including phenoxy) is 2. The van der Waals surface area contributed by atoms with E-state index in [2.05, 4.69) is 118 Å². The molecule has 0 spiro atoms. The number of imidazole rings is 5. The molecule has 0 atom stereocenters. The first kappa shape index (κ1) is 74.4. The van der Waals surface area contributed by atoms with Crippen LogP contribution in [0.4, 0.5) is 0 Å². The Labute approximate surface area is 541 Å². The number of aromatic nitrogens is 10. The van der Waals surface area contributed by atoms with Crippen LogP contribution < -0.4 is 0 Å². The van der Waals surface area contributed by atoms with Crippen LogP contribution in [0.2, 0.25) is 0 Å². The van der Waals surface area contributed by atoms with E-state index in [1.54, 1.807) is 17.7 Å². The molecule has 70 heavy (non-hydrogen) atoms. The maximum atomic E-state index is 11.1. The minimum Gasteiger partial charge on any atom is -0.461 e. The number of aryl methyl sites for hydroxylation is 10. The number of esters is 2. The molecule has 1 aromatic carbocycles. The quantitative estimate of drug-likeness (QED) is 0.0477. The summed E-state index contributed by atoms with van der Waals surface area (Å²) in [6, 6.07) is 10.4. The summed E-state index contributed by atoms with van der Waals surface area (Å²) in [7, 11) is 0. The van der Waals surface area contributed by atoms with Gasteiger partial charge in [0.1, 0.15) is 25.0 Å². The number of nitrogens with zero attached hydrogens (tertiary/aromatic N) is 11. The minimum absolute atomic E-state index is 0. The Balaban J connectivity index is -0.000000387. The molecule has 0 aliphatic carbocycles. The van der Waals surface area contributed by atoms with E-state index in [0.29, 0.717) is 37.6 Å². The second-order valence-corrected chi connectivity index (χ2v) is 14.4. The van der Waals surface area contributed by atoms with Crippen LogP contribution in [0.3, 0.4) is 0 Å². The summed E-state index contributed by atoms with van der Waals surface area (Å²) >= 11 is 0. The molecule has 0 aliphatic rings. The number of nitriles is 1. The average Bonchev–Trinajstić information content (AvgIpc) is 4.08. The predicted octanol–water partition coefficient (Wildman–Crippen LogP) is 8.12. The molecule has 5 aromatic heterocycles. The summed E-state index contributed by atoms with van der Waals surface area (Å²) in [4.78, 5) is 41.9. The summed E-state index contributed by atoms with van der Waals surface area (Å²) in [6.45, 7) is 41.3. The Hall–Kier alpha value is -2.08. The van der Waals surface area contributed by atoms with Crippen LogP contribution in [-0.4, -0.2) is 72.9 Å². The van der Waals surface area contributed by atoms with Crippen molar-refractivity contribution < 1.29 is 183 Å². The van der Waals surface area contributed by atoms with Crippen molar-refractivity contribution in [2.45, 2.75) is 95.8 Å². The third-order valence-electron chi connectivity index (χ3n) is 9.41. The number of benzene rings is 1. The van der Waals surface area contributed by atoms with Gasteiger partial charge in [0.25, 0.3) is 0 Å². The fourth-order valence-electron chi connectivity index (χ4n) is 5.79. The molecule has 20 heteroatoms. The fourth-order valence-corrected chi connectivity index (χ4v) is 5.79. The van der Waals surface area contributed by atoms with Crippen molar-refractivity contribution in [2.24, 2.45) is 0 Å². The first-order valence-electron chi connectivity index (χ1n) is 20.5. The van der Waals surface area contributed by atoms with Crippen molar-refractivity contribution in [3.63, 3.8) is 0 Å². The van der Waals surface area contributed by atoms with Crippen LogP contribution in [-0.2, 0) is 202 Å². The van der Waals surface area contributed by atoms with Crippen molar-refractivity contribution in [2.75, 3.05) is 13.2 Å². The molecule has 0 fully saturated rings. The van der Waals surface area contributed by atoms with E-state index < -0.39 is 5.97 Å². The number of hydrogen-bond donors (Lipinski definition) is 0. The second kappa shape index (κ2) is 39.4. The molecule has 6 aromatic rings. The van der Waals surface area contributed by atoms with Gasteiger partial charge >= 0.3 is 11.9 Å². The summed E-state index contributed by atoms with van der Waals surface area (Å²) in [6.07, 6.45) is 19.0. The largest absolute Gasteiger partial charge is 0.461 e. The molecule has 0 aliphatic heterocycles. The Morgan fingerprint density at radius 2 is 1.03 bits per heavy atom. The molecular formula is C50H60N11O4Y5-5. The second-order valence-electron chi connectivity index (χ2n) is 14.4. The van der Waals surface area contributed by atoms with Crippen molar-refractivity contribution in [1.29, 1.82) is 5.26 Å². The molecule has 5 radical (unpaired) electrons. The molecule has 0 amide bonds. The summed E-state index contributed by atoms with van der Waals surface area (Å²) in [5, 5.41) is 8.54. The van der Waals surface area contributed by atoms with Crippen LogP contribution in [0.1, 0.15) is 75.6 Å². The zero-order valence-electron chi connectivity index (χ0n) is 42.6. The van der Waals surface area contributed by atoms with Gasteiger partial charge in [-0.25, -0.2) is 9.59 Å². The van der Waals surface area contributed by atoms with E-state index in [-0.39, 0.29) is 170 Å². The molecule has 0 unspecified atom stereocenters. The van der Waals surface area contributed by atoms with E-state index in [4.69, 9.17) is 14.7 Å². The van der Waals surface area contributed by atoms with E-state index >= 15 is 0 Å². The number of carbonyl (C=O) groups excluding carboxylic acids is 2. The number of rotatable bonds is 13. The van der Waals surface area contributed by atoms with Gasteiger partial charge in [0.2, 0.25) is 0 Å². The standard InChI is InChI=1S/C14H15N2.C11H15N2O2.C10H13N2O2.C8H8N3.C7H9N2.5Y/c1-4-13-5-7-14(8-6-13)10-16-11(2)9-15-12(16)3;1-8(2)11(14)15-6-5-13-9(3)7-12-10(13)4;1-4-10(13)14-6-5-12-8(2)7-11-9(12)3;1-6(4-9)11-7(2)5-10-8(11)3;1-4-9-6(2)5-8-7(9)3;;;;;/h4-8H,1,10H2,2-3H3;1,5-6H2,2-4H3;4H,1,5-6H2,2-3H3;1H2,2-3H3;4H,1H2,2-3H3;;;;;/q5*-1;;;;;. The normalized spacial score (nSPS) is 9.17. The summed E-state index contributed by atoms with van der Waals surface area (Å²) in [5.41, 5.74) is 7.99. The van der Waals surface area contributed by atoms with Crippen molar-refractivity contribution in [3.8, 4) is 6.07 Å². The topological polar surface area (TPSA) is 165 Å². The van der Waals surface area contributed by atoms with Crippen LogP contribution in [0, 0.1) is 112 Å². The molecule has 0 N–H and O–H groups in total. The molecule has 359 valence electrons. The third-order valence-corrected chi connectivity index (χ3v) is 9.41. The van der Waals surface area contributed by atoms with Crippen LogP contribution >= 0.6 is 0 Å². The Bertz CT molecular complexity index is 2520. The van der Waals surface area contributed by atoms with E-state index in [0.717, 1.165) is 75.8 Å². The minimum atomic E-state index is -0.399. The van der Waals surface area contributed by atoms with Gasteiger partial charge in [0.05, 0.1) is 0 Å². The van der Waals surface area contributed by atoms with Crippen LogP contribution in [0.25, 0.3) is 18.0 Å². The molecule has 6 rings (SSSR count). The van der Waals surface area contributed by atoms with Gasteiger partial charge in [-0.05, 0) is 70.5 Å². The van der Waals surface area contributed by atoms with Crippen molar-refractivity contribution in [1.82, 2.24) is 47.8 Å². The zero-order valence-corrected chi connectivity index (χ0v) is 56.7. The first-order chi connectivity index (χ1) is 30.8. The van der Waals surface area contributed by atoms with Crippen LogP contribution in [0.5, 0.6) is 0 Å². The SMILES string of the molecule is C=C(C#N)n1c(C)[c-]nc1C.C=C(C)C(=O)OCCn1c(C)[c-]nc1C.C=CC(=O)OCCn1c(C)[c-]nc1C.C=Cc1ccc(Cn2c(C)[c-]nc2C)cc1.C=Cn1c(C)[c-]nc1C.[Y].[Y].[Y].[Y].[Y]. The van der Waals surface area contributed by atoms with E-state index in [1.165, 1.54) is 5.56 Å². The molecule has 0 saturated heterocycles. The number of allylic oxidation sites excluding steroid dienone is 1. The van der Waals surface area contributed by atoms with Crippen LogP contribution in [0.15, 0.2) is 68.8 Å². The smallest absolute Gasteiger partial charge is 0.333 e.